The number of nitrogens with zero attached hydrogens (tertiary/aromatic N) is 1. The van der Waals surface area contributed by atoms with Gasteiger partial charge in [-0.1, -0.05) is 0 Å². The summed E-state index contributed by atoms with van der Waals surface area (Å²) in [6.07, 6.45) is 3.62. The van der Waals surface area contributed by atoms with E-state index in [1.165, 1.54) is 12.6 Å². The molecule has 0 saturated carbocycles. The average Bonchev–Trinajstić information content (AvgIpc) is 2.72. The molecule has 0 atom stereocenters. The molecule has 14 heavy (non-hydrogen) atoms. The first-order valence-corrected chi connectivity index (χ1v) is 4.46. The molecule has 1 aromatic rings. The van der Waals surface area contributed by atoms with Crippen LogP contribution in [0.5, 0.6) is 0 Å². The minimum Gasteiger partial charge on any atom is -0.480 e. The molecule has 0 aromatic carbocycles. The maximum atomic E-state index is 11.2. The summed E-state index contributed by atoms with van der Waals surface area (Å²) < 4.78 is 10.2. The Morgan fingerprint density at radius 2 is 2.21 bits per heavy atom. The molecule has 0 bridgehead atoms. The molecule has 1 saturated heterocycles. The van der Waals surface area contributed by atoms with E-state index in [0.717, 1.165) is 0 Å². The highest BCUT2D eigenvalue weighted by Crippen LogP contribution is 2.34. The standard InChI is InChI=1S/C9H11NO4/c11-8(12)9(1-3-13-4-2-9)7-5-10-6-14-7/h5-6H,1-4H2,(H,11,12). The van der Waals surface area contributed by atoms with Crippen LogP contribution < -0.4 is 0 Å². The molecule has 1 N–H and O–H groups in total. The molecular weight excluding hydrogens is 186 g/mol. The van der Waals surface area contributed by atoms with Crippen molar-refractivity contribution in [1.29, 1.82) is 0 Å². The van der Waals surface area contributed by atoms with Crippen molar-refractivity contribution in [3.8, 4) is 0 Å². The number of carboxylic acid groups (broad SMARTS) is 1. The summed E-state index contributed by atoms with van der Waals surface area (Å²) in [6.45, 7) is 0.903. The van der Waals surface area contributed by atoms with Crippen molar-refractivity contribution in [2.45, 2.75) is 18.3 Å². The second-order valence-electron chi connectivity index (χ2n) is 3.37. The SMILES string of the molecule is O=C(O)C1(c2cnco2)CCOCC1. The van der Waals surface area contributed by atoms with Crippen molar-refractivity contribution in [3.05, 3.63) is 18.4 Å². The maximum Gasteiger partial charge on any atom is 0.317 e. The second kappa shape index (κ2) is 3.42. The Kier molecular flexibility index (Phi) is 2.25. The van der Waals surface area contributed by atoms with Gasteiger partial charge in [0.2, 0.25) is 0 Å². The largest absolute Gasteiger partial charge is 0.480 e. The van der Waals surface area contributed by atoms with Gasteiger partial charge < -0.3 is 14.3 Å². The van der Waals surface area contributed by atoms with Crippen LogP contribution >= 0.6 is 0 Å². The van der Waals surface area contributed by atoms with E-state index in [0.29, 0.717) is 31.8 Å². The first kappa shape index (κ1) is 9.21. The third-order valence-corrected chi connectivity index (χ3v) is 2.66. The van der Waals surface area contributed by atoms with Crippen LogP contribution in [0.25, 0.3) is 0 Å². The highest BCUT2D eigenvalue weighted by Gasteiger charge is 2.44. The average molecular weight is 197 g/mol. The van der Waals surface area contributed by atoms with E-state index < -0.39 is 11.4 Å². The Morgan fingerprint density at radius 1 is 1.50 bits per heavy atom. The van der Waals surface area contributed by atoms with Gasteiger partial charge in [0.25, 0.3) is 0 Å². The van der Waals surface area contributed by atoms with Gasteiger partial charge in [0.15, 0.2) is 6.39 Å². The summed E-state index contributed by atoms with van der Waals surface area (Å²) in [5.74, 6) is -0.439. The molecule has 2 rings (SSSR count). The van der Waals surface area contributed by atoms with Crippen LogP contribution in [0, 0.1) is 0 Å². The Balaban J connectivity index is 2.35. The zero-order valence-electron chi connectivity index (χ0n) is 7.60. The van der Waals surface area contributed by atoms with E-state index in [4.69, 9.17) is 9.15 Å². The molecule has 1 aliphatic heterocycles. The van der Waals surface area contributed by atoms with Crippen LogP contribution in [-0.2, 0) is 14.9 Å². The zero-order valence-corrected chi connectivity index (χ0v) is 7.60. The highest BCUT2D eigenvalue weighted by atomic mass is 16.5. The Hall–Kier alpha value is -1.36. The van der Waals surface area contributed by atoms with Crippen molar-refractivity contribution < 1.29 is 19.1 Å². The fourth-order valence-corrected chi connectivity index (χ4v) is 1.74. The lowest BCUT2D eigenvalue weighted by Gasteiger charge is -2.30. The van der Waals surface area contributed by atoms with Crippen molar-refractivity contribution in [2.24, 2.45) is 0 Å². The molecule has 0 spiro atoms. The van der Waals surface area contributed by atoms with Gasteiger partial charge in [0.1, 0.15) is 11.2 Å². The lowest BCUT2D eigenvalue weighted by atomic mass is 9.78. The number of hydrogen-bond acceptors (Lipinski definition) is 4. The smallest absolute Gasteiger partial charge is 0.317 e. The zero-order chi connectivity index (χ0) is 10.0. The number of carbonyl (C=O) groups is 1. The lowest BCUT2D eigenvalue weighted by Crippen LogP contribution is -2.41. The summed E-state index contributed by atoms with van der Waals surface area (Å²) in [5.41, 5.74) is -0.936. The number of aromatic nitrogens is 1. The van der Waals surface area contributed by atoms with Crippen molar-refractivity contribution >= 4 is 5.97 Å². The molecule has 5 heteroatoms. The molecule has 0 aliphatic carbocycles. The summed E-state index contributed by atoms with van der Waals surface area (Å²) in [7, 11) is 0. The third kappa shape index (κ3) is 1.29. The van der Waals surface area contributed by atoms with Gasteiger partial charge in [-0.15, -0.1) is 0 Å². The molecule has 1 aromatic heterocycles. The van der Waals surface area contributed by atoms with Crippen LogP contribution in [0.2, 0.25) is 0 Å². The maximum absolute atomic E-state index is 11.2. The quantitative estimate of drug-likeness (QED) is 0.759. The summed E-state index contributed by atoms with van der Waals surface area (Å²) >= 11 is 0. The summed E-state index contributed by atoms with van der Waals surface area (Å²) in [4.78, 5) is 15.0. The van der Waals surface area contributed by atoms with Gasteiger partial charge in [0.05, 0.1) is 6.20 Å². The van der Waals surface area contributed by atoms with E-state index in [9.17, 15) is 9.90 Å². The van der Waals surface area contributed by atoms with Crippen molar-refractivity contribution in [3.63, 3.8) is 0 Å². The molecule has 0 unspecified atom stereocenters. The van der Waals surface area contributed by atoms with Gasteiger partial charge in [0, 0.05) is 13.2 Å². The monoisotopic (exact) mass is 197 g/mol. The highest BCUT2D eigenvalue weighted by molar-refractivity contribution is 5.80. The summed E-state index contributed by atoms with van der Waals surface area (Å²) in [6, 6.07) is 0. The van der Waals surface area contributed by atoms with Gasteiger partial charge >= 0.3 is 5.97 Å². The molecule has 0 amide bonds. The number of oxazole rings is 1. The third-order valence-electron chi connectivity index (χ3n) is 2.66. The Bertz CT molecular complexity index is 314. The molecule has 0 radical (unpaired) electrons. The van der Waals surface area contributed by atoms with E-state index in [1.54, 1.807) is 0 Å². The molecular formula is C9H11NO4. The number of aliphatic carboxylic acids is 1. The van der Waals surface area contributed by atoms with Crippen LogP contribution in [-0.4, -0.2) is 29.3 Å². The normalized spacial score (nSPS) is 20.6. The first-order valence-electron chi connectivity index (χ1n) is 4.46. The topological polar surface area (TPSA) is 72.6 Å². The van der Waals surface area contributed by atoms with Crippen molar-refractivity contribution in [2.75, 3.05) is 13.2 Å². The van der Waals surface area contributed by atoms with E-state index in [1.807, 2.05) is 0 Å². The predicted molar refractivity (Wildman–Crippen MR) is 45.9 cm³/mol. The second-order valence-corrected chi connectivity index (χ2v) is 3.37. The molecule has 76 valence electrons. The van der Waals surface area contributed by atoms with Gasteiger partial charge in [-0.25, -0.2) is 4.98 Å². The first-order chi connectivity index (χ1) is 6.76. The van der Waals surface area contributed by atoms with Gasteiger partial charge in [-0.3, -0.25) is 4.79 Å². The number of hydrogen-bond donors (Lipinski definition) is 1. The number of carboxylic acids is 1. The summed E-state index contributed by atoms with van der Waals surface area (Å²) in [5, 5.41) is 9.22. The minimum absolute atomic E-state index is 0.424. The van der Waals surface area contributed by atoms with Crippen LogP contribution in [0.3, 0.4) is 0 Å². The van der Waals surface area contributed by atoms with E-state index in [-0.39, 0.29) is 0 Å². The molecule has 1 fully saturated rings. The van der Waals surface area contributed by atoms with Gasteiger partial charge in [-0.05, 0) is 12.8 Å². The fraction of sp³-hybridized carbons (Fsp3) is 0.556. The number of rotatable bonds is 2. The molecule has 1 aliphatic rings. The van der Waals surface area contributed by atoms with E-state index in [2.05, 4.69) is 4.98 Å². The fourth-order valence-electron chi connectivity index (χ4n) is 1.74. The molecule has 2 heterocycles. The van der Waals surface area contributed by atoms with Crippen LogP contribution in [0.15, 0.2) is 17.0 Å². The Labute approximate surface area is 80.7 Å². The van der Waals surface area contributed by atoms with Crippen LogP contribution in [0.4, 0.5) is 0 Å². The van der Waals surface area contributed by atoms with E-state index >= 15 is 0 Å². The predicted octanol–water partition coefficient (Wildman–Crippen LogP) is 0.807. The van der Waals surface area contributed by atoms with Crippen LogP contribution in [0.1, 0.15) is 18.6 Å². The van der Waals surface area contributed by atoms with Gasteiger partial charge in [-0.2, -0.15) is 0 Å². The Morgan fingerprint density at radius 3 is 2.71 bits per heavy atom. The van der Waals surface area contributed by atoms with Crippen molar-refractivity contribution in [1.82, 2.24) is 4.98 Å². The lowest BCUT2D eigenvalue weighted by molar-refractivity contribution is -0.148. The molecule has 5 nitrogen and oxygen atoms in total. The minimum atomic E-state index is -0.936. The number of ether oxygens (including phenoxy) is 1.